The number of carbonyl (C=O) groups is 3. The zero-order valence-corrected chi connectivity index (χ0v) is 9.19. The van der Waals surface area contributed by atoms with Crippen molar-refractivity contribution in [2.24, 2.45) is 11.8 Å². The van der Waals surface area contributed by atoms with Crippen molar-refractivity contribution in [1.29, 1.82) is 0 Å². The standard InChI is InChI=1S/C11H14O5/c1-5(2)10(14)9-7(12)3-6(11(15)16)4-8(9)13/h5-6,14H,3-4H2,1-2H3,(H,15,16). The fourth-order valence-corrected chi connectivity index (χ4v) is 1.63. The van der Waals surface area contributed by atoms with E-state index >= 15 is 0 Å². The second-order valence-corrected chi connectivity index (χ2v) is 4.20. The van der Waals surface area contributed by atoms with E-state index in [2.05, 4.69) is 0 Å². The molecule has 0 aromatic carbocycles. The van der Waals surface area contributed by atoms with Crippen LogP contribution in [0.25, 0.3) is 0 Å². The normalized spacial score (nSPS) is 21.4. The van der Waals surface area contributed by atoms with E-state index in [-0.39, 0.29) is 30.1 Å². The Labute approximate surface area is 92.8 Å². The number of allylic oxidation sites excluding steroid dienone is 2. The molecule has 0 unspecified atom stereocenters. The number of Topliss-reactive ketones (excluding diaryl/α,β-unsaturated/α-hetero) is 2. The molecule has 0 amide bonds. The number of hydrogen-bond acceptors (Lipinski definition) is 4. The van der Waals surface area contributed by atoms with Gasteiger partial charge in [-0.3, -0.25) is 14.4 Å². The van der Waals surface area contributed by atoms with Crippen molar-refractivity contribution in [2.45, 2.75) is 26.7 Å². The third-order valence-corrected chi connectivity index (χ3v) is 2.57. The molecular weight excluding hydrogens is 212 g/mol. The van der Waals surface area contributed by atoms with Crippen LogP contribution in [-0.2, 0) is 14.4 Å². The van der Waals surface area contributed by atoms with Gasteiger partial charge in [-0.1, -0.05) is 13.8 Å². The monoisotopic (exact) mass is 226 g/mol. The Hall–Kier alpha value is -1.65. The summed E-state index contributed by atoms with van der Waals surface area (Å²) in [7, 11) is 0. The molecule has 1 saturated carbocycles. The molecule has 1 aliphatic carbocycles. The van der Waals surface area contributed by atoms with Crippen LogP contribution in [0.15, 0.2) is 11.3 Å². The summed E-state index contributed by atoms with van der Waals surface area (Å²) in [5, 5.41) is 18.3. The summed E-state index contributed by atoms with van der Waals surface area (Å²) < 4.78 is 0. The molecule has 5 nitrogen and oxygen atoms in total. The number of hydrogen-bond donors (Lipinski definition) is 2. The van der Waals surface area contributed by atoms with Crippen molar-refractivity contribution in [3.63, 3.8) is 0 Å². The maximum Gasteiger partial charge on any atom is 0.307 e. The second kappa shape index (κ2) is 4.47. The zero-order chi connectivity index (χ0) is 12.5. The predicted molar refractivity (Wildman–Crippen MR) is 54.9 cm³/mol. The molecule has 0 saturated heterocycles. The van der Waals surface area contributed by atoms with E-state index in [9.17, 15) is 19.5 Å². The highest BCUT2D eigenvalue weighted by molar-refractivity contribution is 6.23. The molecule has 0 bridgehead atoms. The summed E-state index contributed by atoms with van der Waals surface area (Å²) >= 11 is 0. The molecule has 16 heavy (non-hydrogen) atoms. The Bertz CT molecular complexity index is 358. The SMILES string of the molecule is CC(C)C(O)=C1C(=O)CC(C(=O)O)CC1=O. The number of aliphatic hydroxyl groups is 1. The van der Waals surface area contributed by atoms with Crippen molar-refractivity contribution in [3.05, 3.63) is 11.3 Å². The molecule has 0 radical (unpaired) electrons. The number of carboxylic acids is 1. The highest BCUT2D eigenvalue weighted by atomic mass is 16.4. The van der Waals surface area contributed by atoms with E-state index in [1.165, 1.54) is 0 Å². The van der Waals surface area contributed by atoms with Crippen LogP contribution in [0.4, 0.5) is 0 Å². The summed E-state index contributed by atoms with van der Waals surface area (Å²) in [5.74, 6) is -3.80. The van der Waals surface area contributed by atoms with Crippen LogP contribution in [0.1, 0.15) is 26.7 Å². The van der Waals surface area contributed by atoms with E-state index in [1.54, 1.807) is 13.8 Å². The lowest BCUT2D eigenvalue weighted by Gasteiger charge is -2.20. The van der Waals surface area contributed by atoms with Gasteiger partial charge in [-0.15, -0.1) is 0 Å². The summed E-state index contributed by atoms with van der Waals surface area (Å²) in [6, 6.07) is 0. The van der Waals surface area contributed by atoms with Crippen molar-refractivity contribution in [3.8, 4) is 0 Å². The maximum absolute atomic E-state index is 11.6. The van der Waals surface area contributed by atoms with Crippen LogP contribution in [0.5, 0.6) is 0 Å². The zero-order valence-electron chi connectivity index (χ0n) is 9.19. The Morgan fingerprint density at radius 2 is 1.62 bits per heavy atom. The van der Waals surface area contributed by atoms with Gasteiger partial charge < -0.3 is 10.2 Å². The fourth-order valence-electron chi connectivity index (χ4n) is 1.63. The van der Waals surface area contributed by atoms with Crippen molar-refractivity contribution in [1.82, 2.24) is 0 Å². The smallest absolute Gasteiger partial charge is 0.307 e. The molecule has 2 N–H and O–H groups in total. The molecule has 1 aliphatic rings. The molecule has 0 atom stereocenters. The Kier molecular flexibility index (Phi) is 3.47. The minimum absolute atomic E-state index is 0.215. The fraction of sp³-hybridized carbons (Fsp3) is 0.545. The average molecular weight is 226 g/mol. The van der Waals surface area contributed by atoms with Crippen LogP contribution in [0, 0.1) is 11.8 Å². The van der Waals surface area contributed by atoms with Gasteiger partial charge in [0.25, 0.3) is 0 Å². The molecule has 0 spiro atoms. The van der Waals surface area contributed by atoms with Crippen molar-refractivity contribution in [2.75, 3.05) is 0 Å². The number of carbonyl (C=O) groups excluding carboxylic acids is 2. The largest absolute Gasteiger partial charge is 0.511 e. The lowest BCUT2D eigenvalue weighted by molar-refractivity contribution is -0.146. The Morgan fingerprint density at radius 1 is 1.19 bits per heavy atom. The van der Waals surface area contributed by atoms with Crippen LogP contribution >= 0.6 is 0 Å². The number of aliphatic hydroxyl groups excluding tert-OH is 1. The first kappa shape index (κ1) is 12.4. The van der Waals surface area contributed by atoms with Gasteiger partial charge in [0.15, 0.2) is 11.6 Å². The van der Waals surface area contributed by atoms with E-state index in [4.69, 9.17) is 5.11 Å². The minimum Gasteiger partial charge on any atom is -0.511 e. The van der Waals surface area contributed by atoms with E-state index in [1.807, 2.05) is 0 Å². The summed E-state index contributed by atoms with van der Waals surface area (Å²) in [4.78, 5) is 33.8. The highest BCUT2D eigenvalue weighted by Gasteiger charge is 2.36. The lowest BCUT2D eigenvalue weighted by Crippen LogP contribution is -2.32. The van der Waals surface area contributed by atoms with E-state index < -0.39 is 23.5 Å². The first-order valence-corrected chi connectivity index (χ1v) is 5.07. The second-order valence-electron chi connectivity index (χ2n) is 4.20. The highest BCUT2D eigenvalue weighted by Crippen LogP contribution is 2.26. The van der Waals surface area contributed by atoms with Gasteiger partial charge >= 0.3 is 5.97 Å². The van der Waals surface area contributed by atoms with Gasteiger partial charge in [-0.2, -0.15) is 0 Å². The van der Waals surface area contributed by atoms with Crippen LogP contribution < -0.4 is 0 Å². The Balaban J connectivity index is 3.03. The first-order valence-electron chi connectivity index (χ1n) is 5.07. The molecule has 0 heterocycles. The molecule has 0 aromatic heterocycles. The summed E-state index contributed by atoms with van der Waals surface area (Å²) in [6.07, 6.45) is -0.430. The maximum atomic E-state index is 11.6. The molecule has 5 heteroatoms. The number of aliphatic carboxylic acids is 1. The van der Waals surface area contributed by atoms with Crippen molar-refractivity contribution >= 4 is 17.5 Å². The first-order chi connectivity index (χ1) is 7.34. The number of ketones is 2. The van der Waals surface area contributed by atoms with Crippen LogP contribution in [-0.4, -0.2) is 27.7 Å². The molecule has 88 valence electrons. The van der Waals surface area contributed by atoms with Gasteiger partial charge in [0.1, 0.15) is 5.76 Å². The van der Waals surface area contributed by atoms with Crippen LogP contribution in [0.3, 0.4) is 0 Å². The third-order valence-electron chi connectivity index (χ3n) is 2.57. The topological polar surface area (TPSA) is 91.7 Å². The van der Waals surface area contributed by atoms with Gasteiger partial charge in [0.05, 0.1) is 11.5 Å². The predicted octanol–water partition coefficient (Wildman–Crippen LogP) is 1.09. The van der Waals surface area contributed by atoms with Crippen LogP contribution in [0.2, 0.25) is 0 Å². The van der Waals surface area contributed by atoms with E-state index in [0.717, 1.165) is 0 Å². The van der Waals surface area contributed by atoms with Gasteiger partial charge in [-0.05, 0) is 0 Å². The van der Waals surface area contributed by atoms with Gasteiger partial charge in [0.2, 0.25) is 0 Å². The minimum atomic E-state index is -1.15. The Morgan fingerprint density at radius 3 is 1.94 bits per heavy atom. The molecule has 1 fully saturated rings. The number of rotatable bonds is 2. The van der Waals surface area contributed by atoms with E-state index in [0.29, 0.717) is 0 Å². The average Bonchev–Trinajstić information content (AvgIpc) is 2.15. The molecule has 1 rings (SSSR count). The lowest BCUT2D eigenvalue weighted by atomic mass is 9.82. The van der Waals surface area contributed by atoms with Gasteiger partial charge in [0, 0.05) is 18.8 Å². The third kappa shape index (κ3) is 2.29. The number of carboxylic acid groups (broad SMARTS) is 1. The van der Waals surface area contributed by atoms with Gasteiger partial charge in [-0.25, -0.2) is 0 Å². The molecular formula is C11H14O5. The molecule has 0 aliphatic heterocycles. The summed E-state index contributed by atoms with van der Waals surface area (Å²) in [6.45, 7) is 3.32. The summed E-state index contributed by atoms with van der Waals surface area (Å²) in [5.41, 5.74) is -0.215. The molecule has 0 aromatic rings. The quantitative estimate of drug-likeness (QED) is 0.417. The van der Waals surface area contributed by atoms with Crippen molar-refractivity contribution < 1.29 is 24.6 Å².